The van der Waals surface area contributed by atoms with Gasteiger partial charge in [-0.2, -0.15) is 0 Å². The molecule has 2 rings (SSSR count). The van der Waals surface area contributed by atoms with E-state index < -0.39 is 0 Å². The van der Waals surface area contributed by atoms with Crippen molar-refractivity contribution in [3.63, 3.8) is 0 Å². The standard InChI is InChI=1S/C16H27N3/c1-4-13(3)16-12-19(15(5-2)10-18-16)11-14-7-6-8-17-9-14/h6-9,13,15-16,18H,4-5,10-12H2,1-3H3. The molecule has 3 nitrogen and oxygen atoms in total. The Kier molecular flexibility index (Phi) is 5.34. The summed E-state index contributed by atoms with van der Waals surface area (Å²) in [7, 11) is 0. The summed E-state index contributed by atoms with van der Waals surface area (Å²) in [4.78, 5) is 6.86. The highest BCUT2D eigenvalue weighted by Gasteiger charge is 2.28. The van der Waals surface area contributed by atoms with Crippen molar-refractivity contribution in [2.45, 2.75) is 52.2 Å². The van der Waals surface area contributed by atoms with Crippen LogP contribution in [0.2, 0.25) is 0 Å². The van der Waals surface area contributed by atoms with Gasteiger partial charge in [0.05, 0.1) is 0 Å². The lowest BCUT2D eigenvalue weighted by Gasteiger charge is -2.42. The average molecular weight is 261 g/mol. The van der Waals surface area contributed by atoms with Gasteiger partial charge in [0.1, 0.15) is 0 Å². The Morgan fingerprint density at radius 2 is 2.32 bits per heavy atom. The third-order valence-electron chi connectivity index (χ3n) is 4.47. The minimum Gasteiger partial charge on any atom is -0.311 e. The highest BCUT2D eigenvalue weighted by molar-refractivity contribution is 5.09. The molecule has 1 fully saturated rings. The summed E-state index contributed by atoms with van der Waals surface area (Å²) < 4.78 is 0. The molecule has 0 radical (unpaired) electrons. The molecule has 1 aromatic rings. The van der Waals surface area contributed by atoms with Crippen molar-refractivity contribution in [2.75, 3.05) is 13.1 Å². The summed E-state index contributed by atoms with van der Waals surface area (Å²) in [6.07, 6.45) is 6.29. The van der Waals surface area contributed by atoms with Crippen LogP contribution in [-0.2, 0) is 6.54 Å². The summed E-state index contributed by atoms with van der Waals surface area (Å²) in [5.41, 5.74) is 1.32. The first-order chi connectivity index (χ1) is 9.24. The fraction of sp³-hybridized carbons (Fsp3) is 0.688. The highest BCUT2D eigenvalue weighted by Crippen LogP contribution is 2.19. The van der Waals surface area contributed by atoms with E-state index in [1.165, 1.54) is 18.4 Å². The molecule has 0 bridgehead atoms. The van der Waals surface area contributed by atoms with E-state index in [4.69, 9.17) is 0 Å². The van der Waals surface area contributed by atoms with Crippen molar-refractivity contribution in [1.29, 1.82) is 0 Å². The summed E-state index contributed by atoms with van der Waals surface area (Å²) in [6, 6.07) is 5.50. The van der Waals surface area contributed by atoms with Gasteiger partial charge >= 0.3 is 0 Å². The van der Waals surface area contributed by atoms with Gasteiger partial charge < -0.3 is 5.32 Å². The van der Waals surface area contributed by atoms with Crippen molar-refractivity contribution < 1.29 is 0 Å². The lowest BCUT2D eigenvalue weighted by atomic mass is 9.94. The van der Waals surface area contributed by atoms with Gasteiger partial charge in [0.25, 0.3) is 0 Å². The lowest BCUT2D eigenvalue weighted by Crippen LogP contribution is -2.57. The minimum atomic E-state index is 0.629. The molecular formula is C16H27N3. The van der Waals surface area contributed by atoms with Gasteiger partial charge in [-0.05, 0) is 24.0 Å². The first-order valence-electron chi connectivity index (χ1n) is 7.60. The van der Waals surface area contributed by atoms with E-state index >= 15 is 0 Å². The molecule has 0 aliphatic carbocycles. The molecule has 1 saturated heterocycles. The van der Waals surface area contributed by atoms with Crippen molar-refractivity contribution in [3.05, 3.63) is 30.1 Å². The fourth-order valence-corrected chi connectivity index (χ4v) is 2.87. The molecule has 1 aliphatic rings. The first-order valence-corrected chi connectivity index (χ1v) is 7.60. The van der Waals surface area contributed by atoms with Crippen molar-refractivity contribution >= 4 is 0 Å². The highest BCUT2D eigenvalue weighted by atomic mass is 15.2. The largest absolute Gasteiger partial charge is 0.311 e. The van der Waals surface area contributed by atoms with Crippen LogP contribution in [0.4, 0.5) is 0 Å². The van der Waals surface area contributed by atoms with Crippen molar-refractivity contribution in [3.8, 4) is 0 Å². The van der Waals surface area contributed by atoms with E-state index in [-0.39, 0.29) is 0 Å². The predicted octanol–water partition coefficient (Wildman–Crippen LogP) is 2.68. The van der Waals surface area contributed by atoms with Crippen LogP contribution in [0.3, 0.4) is 0 Å². The number of nitrogens with one attached hydrogen (secondary N) is 1. The van der Waals surface area contributed by atoms with E-state index in [1.54, 1.807) is 0 Å². The molecule has 0 saturated carbocycles. The molecule has 1 aromatic heterocycles. The second-order valence-electron chi connectivity index (χ2n) is 5.75. The molecule has 3 atom stereocenters. The van der Waals surface area contributed by atoms with Gasteiger partial charge in [-0.25, -0.2) is 0 Å². The van der Waals surface area contributed by atoms with Crippen LogP contribution < -0.4 is 5.32 Å². The van der Waals surface area contributed by atoms with Crippen molar-refractivity contribution in [2.24, 2.45) is 5.92 Å². The Hall–Kier alpha value is -0.930. The summed E-state index contributed by atoms with van der Waals surface area (Å²) in [6.45, 7) is 10.2. The molecule has 0 spiro atoms. The smallest absolute Gasteiger partial charge is 0.0312 e. The average Bonchev–Trinajstić information content (AvgIpc) is 2.47. The predicted molar refractivity (Wildman–Crippen MR) is 80.0 cm³/mol. The zero-order valence-electron chi connectivity index (χ0n) is 12.5. The second-order valence-corrected chi connectivity index (χ2v) is 5.75. The van der Waals surface area contributed by atoms with Crippen molar-refractivity contribution in [1.82, 2.24) is 15.2 Å². The minimum absolute atomic E-state index is 0.629. The zero-order valence-corrected chi connectivity index (χ0v) is 12.5. The fourth-order valence-electron chi connectivity index (χ4n) is 2.87. The topological polar surface area (TPSA) is 28.2 Å². The molecule has 2 heterocycles. The number of aromatic nitrogens is 1. The van der Waals surface area contributed by atoms with Gasteiger partial charge in [0, 0.05) is 44.1 Å². The van der Waals surface area contributed by atoms with Crippen LogP contribution in [0.15, 0.2) is 24.5 Å². The van der Waals surface area contributed by atoms with Gasteiger partial charge in [0.2, 0.25) is 0 Å². The Labute approximate surface area is 117 Å². The number of rotatable bonds is 5. The number of hydrogen-bond acceptors (Lipinski definition) is 3. The van der Waals surface area contributed by atoms with E-state index in [0.717, 1.165) is 25.6 Å². The van der Waals surface area contributed by atoms with E-state index in [1.807, 2.05) is 18.5 Å². The quantitative estimate of drug-likeness (QED) is 0.883. The van der Waals surface area contributed by atoms with Crippen LogP contribution in [0.25, 0.3) is 0 Å². The summed E-state index contributed by atoms with van der Waals surface area (Å²) >= 11 is 0. The SMILES string of the molecule is CCC(C)C1CN(Cc2cccnc2)C(CC)CN1. The first kappa shape index (κ1) is 14.5. The maximum atomic E-state index is 4.23. The molecule has 3 unspecified atom stereocenters. The van der Waals surface area contributed by atoms with Crippen LogP contribution in [0.5, 0.6) is 0 Å². The molecular weight excluding hydrogens is 234 g/mol. The number of hydrogen-bond donors (Lipinski definition) is 1. The number of piperazine rings is 1. The Bertz CT molecular complexity index is 366. The van der Waals surface area contributed by atoms with E-state index in [2.05, 4.69) is 42.0 Å². The van der Waals surface area contributed by atoms with Gasteiger partial charge in [-0.15, -0.1) is 0 Å². The third kappa shape index (κ3) is 3.77. The van der Waals surface area contributed by atoms with Gasteiger partial charge in [-0.3, -0.25) is 9.88 Å². The zero-order chi connectivity index (χ0) is 13.7. The Morgan fingerprint density at radius 3 is 2.95 bits per heavy atom. The second kappa shape index (κ2) is 7.01. The molecule has 0 amide bonds. The molecule has 0 aromatic carbocycles. The molecule has 19 heavy (non-hydrogen) atoms. The van der Waals surface area contributed by atoms with Crippen LogP contribution in [0.1, 0.15) is 39.2 Å². The third-order valence-corrected chi connectivity index (χ3v) is 4.47. The molecule has 1 aliphatic heterocycles. The van der Waals surface area contributed by atoms with Gasteiger partial charge in [0.15, 0.2) is 0 Å². The van der Waals surface area contributed by atoms with E-state index in [9.17, 15) is 0 Å². The Balaban J connectivity index is 2.01. The van der Waals surface area contributed by atoms with Crippen LogP contribution in [-0.4, -0.2) is 35.1 Å². The normalized spacial score (nSPS) is 26.3. The number of nitrogens with zero attached hydrogens (tertiary/aromatic N) is 2. The molecule has 1 N–H and O–H groups in total. The molecule has 106 valence electrons. The van der Waals surface area contributed by atoms with Gasteiger partial charge in [-0.1, -0.05) is 33.3 Å². The van der Waals surface area contributed by atoms with Crippen LogP contribution >= 0.6 is 0 Å². The maximum Gasteiger partial charge on any atom is 0.0312 e. The molecule has 3 heteroatoms. The van der Waals surface area contributed by atoms with E-state index in [0.29, 0.717) is 12.1 Å². The monoisotopic (exact) mass is 261 g/mol. The summed E-state index contributed by atoms with van der Waals surface area (Å²) in [5, 5.41) is 3.73. The number of pyridine rings is 1. The Morgan fingerprint density at radius 1 is 1.47 bits per heavy atom. The van der Waals surface area contributed by atoms with Crippen LogP contribution in [0, 0.1) is 5.92 Å². The lowest BCUT2D eigenvalue weighted by molar-refractivity contribution is 0.0992. The summed E-state index contributed by atoms with van der Waals surface area (Å²) in [5.74, 6) is 0.745. The maximum absolute atomic E-state index is 4.23.